The van der Waals surface area contributed by atoms with Crippen molar-refractivity contribution in [1.82, 2.24) is 25.0 Å². The quantitative estimate of drug-likeness (QED) is 0.683. The van der Waals surface area contributed by atoms with Crippen molar-refractivity contribution in [1.29, 1.82) is 0 Å². The lowest BCUT2D eigenvalue weighted by Crippen LogP contribution is -2.40. The molecule has 1 amide bonds. The number of thioether (sulfide) groups is 1. The Balaban J connectivity index is 1.40. The number of carbonyl (C=O) groups excluding carboxylic acids is 1. The Labute approximate surface area is 159 Å². The second-order valence-corrected chi connectivity index (χ2v) is 7.23. The molecule has 9 heteroatoms. The summed E-state index contributed by atoms with van der Waals surface area (Å²) in [5.41, 5.74) is 1.32. The maximum Gasteiger partial charge on any atom is 0.257 e. The highest BCUT2D eigenvalue weighted by Gasteiger charge is 2.27. The van der Waals surface area contributed by atoms with Gasteiger partial charge in [0.25, 0.3) is 5.56 Å². The van der Waals surface area contributed by atoms with E-state index >= 15 is 0 Å². The summed E-state index contributed by atoms with van der Waals surface area (Å²) in [5.74, 6) is 0.914. The van der Waals surface area contributed by atoms with Gasteiger partial charge in [0.2, 0.25) is 17.6 Å². The number of benzene rings is 1. The van der Waals surface area contributed by atoms with Crippen LogP contribution in [0.25, 0.3) is 11.4 Å². The SMILES string of the molecule is Cc1cnc2n(c1=O)CC(C(=O)NCc1nc(-c3ccccc3)no1)CS2. The van der Waals surface area contributed by atoms with Gasteiger partial charge in [-0.2, -0.15) is 4.98 Å². The number of nitrogens with zero attached hydrogens (tertiary/aromatic N) is 4. The van der Waals surface area contributed by atoms with E-state index in [0.717, 1.165) is 5.56 Å². The van der Waals surface area contributed by atoms with Crippen molar-refractivity contribution in [2.45, 2.75) is 25.2 Å². The van der Waals surface area contributed by atoms with Crippen LogP contribution in [0.5, 0.6) is 0 Å². The molecule has 0 spiro atoms. The summed E-state index contributed by atoms with van der Waals surface area (Å²) in [7, 11) is 0. The van der Waals surface area contributed by atoms with Crippen molar-refractivity contribution >= 4 is 17.7 Å². The molecule has 8 nitrogen and oxygen atoms in total. The van der Waals surface area contributed by atoms with Gasteiger partial charge in [-0.25, -0.2) is 4.98 Å². The van der Waals surface area contributed by atoms with Crippen LogP contribution in [0.2, 0.25) is 0 Å². The summed E-state index contributed by atoms with van der Waals surface area (Å²) >= 11 is 1.41. The fraction of sp³-hybridized carbons (Fsp3) is 0.278. The predicted octanol–water partition coefficient (Wildman–Crippen LogP) is 1.64. The Morgan fingerprint density at radius 2 is 2.19 bits per heavy atom. The van der Waals surface area contributed by atoms with Gasteiger partial charge in [0.15, 0.2) is 5.16 Å². The van der Waals surface area contributed by atoms with Crippen LogP contribution in [0, 0.1) is 12.8 Å². The van der Waals surface area contributed by atoms with Crippen LogP contribution < -0.4 is 10.9 Å². The normalized spacial score (nSPS) is 16.0. The van der Waals surface area contributed by atoms with Crippen LogP contribution in [0.4, 0.5) is 0 Å². The number of aryl methyl sites for hydroxylation is 1. The molecule has 0 fully saturated rings. The van der Waals surface area contributed by atoms with E-state index in [4.69, 9.17) is 4.52 Å². The molecule has 1 aromatic carbocycles. The average molecular weight is 383 g/mol. The lowest BCUT2D eigenvalue weighted by Gasteiger charge is -2.24. The number of fused-ring (bicyclic) bond motifs is 1. The Morgan fingerprint density at radius 3 is 3.00 bits per heavy atom. The van der Waals surface area contributed by atoms with Crippen molar-refractivity contribution < 1.29 is 9.32 Å². The van der Waals surface area contributed by atoms with E-state index in [-0.39, 0.29) is 23.9 Å². The molecule has 1 atom stereocenters. The van der Waals surface area contributed by atoms with Gasteiger partial charge < -0.3 is 9.84 Å². The third-order valence-corrected chi connectivity index (χ3v) is 5.44. The molecule has 4 rings (SSSR count). The lowest BCUT2D eigenvalue weighted by molar-refractivity contribution is -0.125. The molecule has 0 radical (unpaired) electrons. The van der Waals surface area contributed by atoms with Gasteiger partial charge in [-0.05, 0) is 6.92 Å². The molecule has 3 aromatic rings. The molecule has 0 aliphatic carbocycles. The number of hydrogen-bond acceptors (Lipinski definition) is 7. The summed E-state index contributed by atoms with van der Waals surface area (Å²) in [6.45, 7) is 2.19. The highest BCUT2D eigenvalue weighted by Crippen LogP contribution is 2.25. The molecular formula is C18H17N5O3S. The fourth-order valence-corrected chi connectivity index (χ4v) is 3.85. The van der Waals surface area contributed by atoms with Crippen molar-refractivity contribution in [3.63, 3.8) is 0 Å². The molecule has 27 heavy (non-hydrogen) atoms. The van der Waals surface area contributed by atoms with Crippen molar-refractivity contribution in [3.05, 3.63) is 58.3 Å². The minimum Gasteiger partial charge on any atom is -0.347 e. The van der Waals surface area contributed by atoms with Crippen LogP contribution in [0.15, 0.2) is 51.0 Å². The second-order valence-electron chi connectivity index (χ2n) is 6.24. The molecule has 1 aliphatic rings. The first-order valence-electron chi connectivity index (χ1n) is 8.47. The number of nitrogens with one attached hydrogen (secondary N) is 1. The van der Waals surface area contributed by atoms with Crippen LogP contribution >= 0.6 is 11.8 Å². The zero-order valence-electron chi connectivity index (χ0n) is 14.6. The highest BCUT2D eigenvalue weighted by atomic mass is 32.2. The first kappa shape index (κ1) is 17.5. The Hall–Kier alpha value is -2.94. The average Bonchev–Trinajstić information content (AvgIpc) is 3.18. The molecule has 1 aliphatic heterocycles. The van der Waals surface area contributed by atoms with Gasteiger partial charge in [0.05, 0.1) is 12.5 Å². The molecule has 3 heterocycles. The second kappa shape index (κ2) is 7.36. The molecule has 1 unspecified atom stereocenters. The van der Waals surface area contributed by atoms with Crippen LogP contribution in [0.1, 0.15) is 11.5 Å². The third kappa shape index (κ3) is 3.63. The van der Waals surface area contributed by atoms with E-state index in [1.165, 1.54) is 11.8 Å². The monoisotopic (exact) mass is 383 g/mol. The zero-order valence-corrected chi connectivity index (χ0v) is 15.4. The van der Waals surface area contributed by atoms with Crippen molar-refractivity contribution in [3.8, 4) is 11.4 Å². The van der Waals surface area contributed by atoms with Gasteiger partial charge in [-0.15, -0.1) is 0 Å². The number of aromatic nitrogens is 4. The van der Waals surface area contributed by atoms with Crippen LogP contribution in [-0.4, -0.2) is 31.4 Å². The number of amides is 1. The van der Waals surface area contributed by atoms with E-state index in [1.807, 2.05) is 30.3 Å². The molecular weight excluding hydrogens is 366 g/mol. The summed E-state index contributed by atoms with van der Waals surface area (Å²) in [6, 6.07) is 9.47. The summed E-state index contributed by atoms with van der Waals surface area (Å²) in [4.78, 5) is 33.3. The summed E-state index contributed by atoms with van der Waals surface area (Å²) < 4.78 is 6.77. The molecule has 2 aromatic heterocycles. The van der Waals surface area contributed by atoms with Crippen molar-refractivity contribution in [2.24, 2.45) is 5.92 Å². The Bertz CT molecular complexity index is 1030. The first-order valence-corrected chi connectivity index (χ1v) is 9.45. The van der Waals surface area contributed by atoms with Crippen LogP contribution in [0.3, 0.4) is 0 Å². The fourth-order valence-electron chi connectivity index (χ4n) is 2.80. The minimum absolute atomic E-state index is 0.102. The molecule has 0 saturated carbocycles. The first-order chi connectivity index (χ1) is 13.1. The maximum atomic E-state index is 12.5. The standard InChI is InChI=1S/C18H17N5O3S/c1-11-7-20-18-23(17(11)25)9-13(10-27-18)16(24)19-8-14-21-15(22-26-14)12-5-3-2-4-6-12/h2-7,13H,8-10H2,1H3,(H,19,24). The zero-order chi connectivity index (χ0) is 18.8. The number of carbonyl (C=O) groups is 1. The lowest BCUT2D eigenvalue weighted by atomic mass is 10.1. The van der Waals surface area contributed by atoms with Gasteiger partial charge in [-0.3, -0.25) is 14.2 Å². The molecule has 0 bridgehead atoms. The minimum atomic E-state index is -0.319. The van der Waals surface area contributed by atoms with E-state index < -0.39 is 0 Å². The predicted molar refractivity (Wildman–Crippen MR) is 99.0 cm³/mol. The Kier molecular flexibility index (Phi) is 4.76. The Morgan fingerprint density at radius 1 is 1.37 bits per heavy atom. The maximum absolute atomic E-state index is 12.5. The van der Waals surface area contributed by atoms with Gasteiger partial charge in [0, 0.05) is 29.6 Å². The van der Waals surface area contributed by atoms with E-state index in [9.17, 15) is 9.59 Å². The molecule has 1 N–H and O–H groups in total. The van der Waals surface area contributed by atoms with E-state index in [0.29, 0.717) is 34.7 Å². The van der Waals surface area contributed by atoms with Crippen molar-refractivity contribution in [2.75, 3.05) is 5.75 Å². The van der Waals surface area contributed by atoms with Gasteiger partial charge >= 0.3 is 0 Å². The van der Waals surface area contributed by atoms with Gasteiger partial charge in [0.1, 0.15) is 0 Å². The molecule has 0 saturated heterocycles. The molecule has 138 valence electrons. The van der Waals surface area contributed by atoms with E-state index in [1.54, 1.807) is 17.7 Å². The summed E-state index contributed by atoms with van der Waals surface area (Å²) in [6.07, 6.45) is 1.57. The smallest absolute Gasteiger partial charge is 0.257 e. The van der Waals surface area contributed by atoms with Crippen LogP contribution in [-0.2, 0) is 17.9 Å². The number of hydrogen-bond donors (Lipinski definition) is 1. The topological polar surface area (TPSA) is 103 Å². The largest absolute Gasteiger partial charge is 0.347 e. The van der Waals surface area contributed by atoms with Gasteiger partial charge in [-0.1, -0.05) is 47.3 Å². The number of rotatable bonds is 4. The third-order valence-electron chi connectivity index (χ3n) is 4.28. The highest BCUT2D eigenvalue weighted by molar-refractivity contribution is 7.99. The van der Waals surface area contributed by atoms with E-state index in [2.05, 4.69) is 20.4 Å². The summed E-state index contributed by atoms with van der Waals surface area (Å²) in [5, 5.41) is 7.40.